The molecule has 3 N–H and O–H groups in total. The molecule has 2 aromatic heterocycles. The molecule has 3 heterocycles. The SMILES string of the molecule is Cc1ccc(-c2cc(CN3CCC[C@H](N)C3)cc(NC(=O)c3cc(-c4ccccc4)c(C)cn3)c2)cn1. The first-order valence-corrected chi connectivity index (χ1v) is 12.8. The molecule has 0 aliphatic carbocycles. The van der Waals surface area contributed by atoms with Gasteiger partial charge >= 0.3 is 0 Å². The van der Waals surface area contributed by atoms with E-state index in [1.165, 1.54) is 0 Å². The van der Waals surface area contributed by atoms with Crippen LogP contribution < -0.4 is 11.1 Å². The number of benzene rings is 2. The first-order chi connectivity index (χ1) is 17.9. The van der Waals surface area contributed by atoms with Crippen molar-refractivity contribution in [2.45, 2.75) is 39.3 Å². The number of carbonyl (C=O) groups excluding carboxylic acids is 1. The molecule has 1 atom stereocenters. The minimum Gasteiger partial charge on any atom is -0.327 e. The third kappa shape index (κ3) is 6.10. The zero-order valence-electron chi connectivity index (χ0n) is 21.4. The Bertz CT molecular complexity index is 1380. The highest BCUT2D eigenvalue weighted by molar-refractivity contribution is 6.04. The van der Waals surface area contributed by atoms with Crippen molar-refractivity contribution in [3.8, 4) is 22.3 Å². The molecule has 1 aliphatic heterocycles. The standard InChI is InChI=1S/C31H33N5O/c1-21-17-34-30(16-29(21)24-7-4-3-5-8-24)31(37)35-28-14-23(19-36-12-6-9-27(32)20-36)13-26(15-28)25-11-10-22(2)33-18-25/h3-5,7-8,10-11,13-18,27H,6,9,12,19-20,32H2,1-2H3,(H,35,37)/t27-/m0/s1. The summed E-state index contributed by atoms with van der Waals surface area (Å²) in [6.07, 6.45) is 5.82. The van der Waals surface area contributed by atoms with Crippen molar-refractivity contribution in [2.24, 2.45) is 5.73 Å². The molecule has 0 bridgehead atoms. The van der Waals surface area contributed by atoms with Crippen molar-refractivity contribution < 1.29 is 4.79 Å². The van der Waals surface area contributed by atoms with Crippen LogP contribution in [-0.2, 0) is 6.54 Å². The molecule has 0 saturated carbocycles. The van der Waals surface area contributed by atoms with Crippen LogP contribution in [0.3, 0.4) is 0 Å². The number of anilines is 1. The highest BCUT2D eigenvalue weighted by atomic mass is 16.1. The van der Waals surface area contributed by atoms with Crippen molar-refractivity contribution in [3.63, 3.8) is 0 Å². The summed E-state index contributed by atoms with van der Waals surface area (Å²) in [5.74, 6) is -0.234. The van der Waals surface area contributed by atoms with Crippen molar-refractivity contribution >= 4 is 11.6 Å². The largest absolute Gasteiger partial charge is 0.327 e. The van der Waals surface area contributed by atoms with Gasteiger partial charge in [0.1, 0.15) is 5.69 Å². The summed E-state index contributed by atoms with van der Waals surface area (Å²) in [7, 11) is 0. The molecule has 0 unspecified atom stereocenters. The normalized spacial score (nSPS) is 15.9. The van der Waals surface area contributed by atoms with Gasteiger partial charge in [0.25, 0.3) is 5.91 Å². The van der Waals surface area contributed by atoms with Gasteiger partial charge in [0.2, 0.25) is 0 Å². The Labute approximate surface area is 218 Å². The molecule has 2 aromatic carbocycles. The fraction of sp³-hybridized carbons (Fsp3) is 0.258. The number of hydrogen-bond donors (Lipinski definition) is 2. The van der Waals surface area contributed by atoms with Gasteiger partial charge in [0.15, 0.2) is 0 Å². The van der Waals surface area contributed by atoms with Crippen LogP contribution >= 0.6 is 0 Å². The number of amides is 1. The fourth-order valence-corrected chi connectivity index (χ4v) is 4.93. The number of carbonyl (C=O) groups is 1. The Morgan fingerprint density at radius 2 is 1.81 bits per heavy atom. The van der Waals surface area contributed by atoms with E-state index >= 15 is 0 Å². The van der Waals surface area contributed by atoms with Gasteiger partial charge in [-0.25, -0.2) is 0 Å². The number of likely N-dealkylation sites (tertiary alicyclic amines) is 1. The van der Waals surface area contributed by atoms with Crippen LogP contribution in [0.25, 0.3) is 22.3 Å². The monoisotopic (exact) mass is 491 g/mol. The number of hydrogen-bond acceptors (Lipinski definition) is 5. The lowest BCUT2D eigenvalue weighted by Crippen LogP contribution is -2.42. The zero-order chi connectivity index (χ0) is 25.8. The molecule has 6 heteroatoms. The van der Waals surface area contributed by atoms with Gasteiger partial charge in [-0.2, -0.15) is 0 Å². The van der Waals surface area contributed by atoms with Gasteiger partial charge in [-0.3, -0.25) is 19.7 Å². The van der Waals surface area contributed by atoms with E-state index in [4.69, 9.17) is 5.73 Å². The molecule has 188 valence electrons. The summed E-state index contributed by atoms with van der Waals surface area (Å²) in [5.41, 5.74) is 14.6. The smallest absolute Gasteiger partial charge is 0.274 e. The molecular weight excluding hydrogens is 458 g/mol. The lowest BCUT2D eigenvalue weighted by molar-refractivity contribution is 0.102. The second-order valence-corrected chi connectivity index (χ2v) is 9.95. The molecule has 1 aliphatic rings. The van der Waals surface area contributed by atoms with E-state index in [9.17, 15) is 4.79 Å². The Balaban J connectivity index is 1.44. The van der Waals surface area contributed by atoms with E-state index in [0.29, 0.717) is 5.69 Å². The van der Waals surface area contributed by atoms with Crippen LogP contribution in [0, 0.1) is 13.8 Å². The van der Waals surface area contributed by atoms with Crippen LogP contribution in [0.5, 0.6) is 0 Å². The minimum absolute atomic E-state index is 0.212. The van der Waals surface area contributed by atoms with E-state index in [-0.39, 0.29) is 11.9 Å². The van der Waals surface area contributed by atoms with Gasteiger partial charge in [0.05, 0.1) is 0 Å². The van der Waals surface area contributed by atoms with Crippen molar-refractivity contribution in [3.05, 3.63) is 102 Å². The van der Waals surface area contributed by atoms with E-state index in [1.807, 2.05) is 68.6 Å². The number of nitrogens with one attached hydrogen (secondary N) is 1. The Morgan fingerprint density at radius 1 is 0.973 bits per heavy atom. The highest BCUT2D eigenvalue weighted by Gasteiger charge is 2.18. The summed E-state index contributed by atoms with van der Waals surface area (Å²) >= 11 is 0. The zero-order valence-corrected chi connectivity index (χ0v) is 21.4. The number of pyridine rings is 2. The predicted octanol–water partition coefficient (Wildman–Crippen LogP) is 5.60. The van der Waals surface area contributed by atoms with Gasteiger partial charge in [0, 0.05) is 48.5 Å². The van der Waals surface area contributed by atoms with E-state index in [0.717, 1.165) is 77.2 Å². The first-order valence-electron chi connectivity index (χ1n) is 12.8. The number of rotatable bonds is 6. The Morgan fingerprint density at radius 3 is 2.57 bits per heavy atom. The van der Waals surface area contributed by atoms with Crippen LogP contribution in [-0.4, -0.2) is 39.9 Å². The predicted molar refractivity (Wildman–Crippen MR) is 149 cm³/mol. The molecule has 4 aromatic rings. The maximum Gasteiger partial charge on any atom is 0.274 e. The molecule has 1 amide bonds. The average molecular weight is 492 g/mol. The van der Waals surface area contributed by atoms with Gasteiger partial charge in [-0.15, -0.1) is 0 Å². The average Bonchev–Trinajstić information content (AvgIpc) is 2.90. The number of nitrogens with zero attached hydrogens (tertiary/aromatic N) is 3. The Kier molecular flexibility index (Phi) is 7.40. The maximum atomic E-state index is 13.3. The van der Waals surface area contributed by atoms with Gasteiger partial charge < -0.3 is 11.1 Å². The lowest BCUT2D eigenvalue weighted by atomic mass is 10.0. The second-order valence-electron chi connectivity index (χ2n) is 9.95. The molecule has 1 fully saturated rings. The summed E-state index contributed by atoms with van der Waals surface area (Å²) in [5, 5.41) is 3.10. The molecular formula is C31H33N5O. The third-order valence-electron chi connectivity index (χ3n) is 6.86. The van der Waals surface area contributed by atoms with Gasteiger partial charge in [-0.05, 0) is 91.4 Å². The molecule has 5 rings (SSSR count). The summed E-state index contributed by atoms with van der Waals surface area (Å²) in [6, 6.07) is 22.4. The summed E-state index contributed by atoms with van der Waals surface area (Å²) < 4.78 is 0. The topological polar surface area (TPSA) is 84.1 Å². The van der Waals surface area contributed by atoms with E-state index < -0.39 is 0 Å². The quantitative estimate of drug-likeness (QED) is 0.367. The molecule has 6 nitrogen and oxygen atoms in total. The van der Waals surface area contributed by atoms with Crippen LogP contribution in [0.15, 0.2) is 79.1 Å². The summed E-state index contributed by atoms with van der Waals surface area (Å²) in [4.78, 5) is 24.6. The number of nitrogens with two attached hydrogens (primary N) is 1. The lowest BCUT2D eigenvalue weighted by Gasteiger charge is -2.30. The molecule has 37 heavy (non-hydrogen) atoms. The van der Waals surface area contributed by atoms with Gasteiger partial charge in [-0.1, -0.05) is 36.4 Å². The van der Waals surface area contributed by atoms with Crippen LogP contribution in [0.1, 0.15) is 40.2 Å². The van der Waals surface area contributed by atoms with E-state index in [1.54, 1.807) is 6.20 Å². The number of aryl methyl sites for hydroxylation is 2. The highest BCUT2D eigenvalue weighted by Crippen LogP contribution is 2.28. The fourth-order valence-electron chi connectivity index (χ4n) is 4.93. The maximum absolute atomic E-state index is 13.3. The van der Waals surface area contributed by atoms with Crippen molar-refractivity contribution in [1.29, 1.82) is 0 Å². The van der Waals surface area contributed by atoms with E-state index in [2.05, 4.69) is 38.4 Å². The third-order valence-corrected chi connectivity index (χ3v) is 6.86. The number of aromatic nitrogens is 2. The second kappa shape index (κ2) is 11.0. The Hall–Kier alpha value is -3.87. The molecule has 0 radical (unpaired) electrons. The number of piperidine rings is 1. The van der Waals surface area contributed by atoms with Crippen LogP contribution in [0.2, 0.25) is 0 Å². The van der Waals surface area contributed by atoms with Crippen molar-refractivity contribution in [2.75, 3.05) is 18.4 Å². The molecule has 0 spiro atoms. The molecule has 1 saturated heterocycles. The van der Waals surface area contributed by atoms with Crippen molar-refractivity contribution in [1.82, 2.24) is 14.9 Å². The first kappa shape index (κ1) is 24.8. The minimum atomic E-state index is -0.234. The van der Waals surface area contributed by atoms with Crippen LogP contribution in [0.4, 0.5) is 5.69 Å². The summed E-state index contributed by atoms with van der Waals surface area (Å²) in [6.45, 7) is 6.68.